The lowest BCUT2D eigenvalue weighted by atomic mass is 10.2. The van der Waals surface area contributed by atoms with Gasteiger partial charge in [0.15, 0.2) is 0 Å². The van der Waals surface area contributed by atoms with Crippen molar-refractivity contribution in [3.8, 4) is 0 Å². The van der Waals surface area contributed by atoms with Crippen LogP contribution in [-0.4, -0.2) is 38.5 Å². The van der Waals surface area contributed by atoms with E-state index in [2.05, 4.69) is 6.58 Å². The van der Waals surface area contributed by atoms with Crippen molar-refractivity contribution in [1.82, 2.24) is 0 Å². The quantitative estimate of drug-likeness (QED) is 0.502. The van der Waals surface area contributed by atoms with Gasteiger partial charge in [-0.3, -0.25) is 0 Å². The minimum atomic E-state index is -0.379. The number of hydrogen-bond donors (Lipinski definition) is 0. The average molecular weight is 200 g/mol. The van der Waals surface area contributed by atoms with E-state index in [4.69, 9.17) is 14.2 Å². The monoisotopic (exact) mass is 200 g/mol. The summed E-state index contributed by atoms with van der Waals surface area (Å²) >= 11 is 0. The van der Waals surface area contributed by atoms with Crippen LogP contribution in [0.4, 0.5) is 0 Å². The van der Waals surface area contributed by atoms with Crippen molar-refractivity contribution >= 4 is 5.97 Å². The van der Waals surface area contributed by atoms with Gasteiger partial charge in [0.25, 0.3) is 0 Å². The normalized spacial score (nSPS) is 23.3. The molecule has 2 fully saturated rings. The van der Waals surface area contributed by atoms with E-state index in [1.807, 2.05) is 0 Å². The molecule has 4 heteroatoms. The fraction of sp³-hybridized carbons (Fsp3) is 0.700. The van der Waals surface area contributed by atoms with Crippen molar-refractivity contribution < 1.29 is 19.0 Å². The van der Waals surface area contributed by atoms with Crippen LogP contribution < -0.4 is 0 Å². The third-order valence-electron chi connectivity index (χ3n) is 1.95. The highest BCUT2D eigenvalue weighted by Crippen LogP contribution is 2.10. The lowest BCUT2D eigenvalue weighted by Crippen LogP contribution is -2.32. The molecule has 2 saturated heterocycles. The van der Waals surface area contributed by atoms with E-state index < -0.39 is 0 Å². The highest BCUT2D eigenvalue weighted by atomic mass is 16.6. The molecule has 0 aliphatic carbocycles. The van der Waals surface area contributed by atoms with Crippen LogP contribution in [-0.2, 0) is 19.0 Å². The Morgan fingerprint density at radius 2 is 2.07 bits per heavy atom. The van der Waals surface area contributed by atoms with Crippen molar-refractivity contribution in [2.75, 3.05) is 26.4 Å². The number of ether oxygens (including phenoxy) is 3. The van der Waals surface area contributed by atoms with Crippen LogP contribution in [0.5, 0.6) is 0 Å². The van der Waals surface area contributed by atoms with E-state index in [-0.39, 0.29) is 12.1 Å². The van der Waals surface area contributed by atoms with Crippen molar-refractivity contribution in [3.63, 3.8) is 0 Å². The van der Waals surface area contributed by atoms with E-state index in [9.17, 15) is 4.79 Å². The highest BCUT2D eigenvalue weighted by molar-refractivity contribution is 5.81. The molecule has 2 aliphatic rings. The second-order valence-electron chi connectivity index (χ2n) is 3.08. The third-order valence-corrected chi connectivity index (χ3v) is 1.95. The van der Waals surface area contributed by atoms with Crippen LogP contribution in [0.3, 0.4) is 0 Å². The Morgan fingerprint density at radius 3 is 2.36 bits per heavy atom. The van der Waals surface area contributed by atoms with Gasteiger partial charge in [-0.1, -0.05) is 6.58 Å². The fourth-order valence-electron chi connectivity index (χ4n) is 0.794. The van der Waals surface area contributed by atoms with Crippen LogP contribution in [0.2, 0.25) is 0 Å². The zero-order valence-electron chi connectivity index (χ0n) is 8.24. The molecule has 0 aromatic rings. The Morgan fingerprint density at radius 1 is 1.50 bits per heavy atom. The Kier molecular flexibility index (Phi) is 5.25. The van der Waals surface area contributed by atoms with Crippen molar-refractivity contribution in [1.29, 1.82) is 0 Å². The van der Waals surface area contributed by atoms with Crippen LogP contribution >= 0.6 is 0 Å². The van der Waals surface area contributed by atoms with Crippen LogP contribution in [0.15, 0.2) is 12.7 Å². The molecular weight excluding hydrogens is 184 g/mol. The summed E-state index contributed by atoms with van der Waals surface area (Å²) in [5.74, 6) is -0.379. The van der Waals surface area contributed by atoms with Gasteiger partial charge in [0, 0.05) is 32.3 Å². The zero-order chi connectivity index (χ0) is 10.2. The molecule has 0 saturated carbocycles. The molecule has 2 heterocycles. The summed E-state index contributed by atoms with van der Waals surface area (Å²) in [5.41, 5.74) is 0. The molecule has 2 rings (SSSR count). The van der Waals surface area contributed by atoms with E-state index in [1.165, 1.54) is 6.42 Å². The number of carbonyl (C=O) groups excluding carboxylic acids is 1. The topological polar surface area (TPSA) is 44.8 Å². The Balaban J connectivity index is 0.000000203. The van der Waals surface area contributed by atoms with Crippen molar-refractivity contribution in [2.45, 2.75) is 18.9 Å². The first-order valence-electron chi connectivity index (χ1n) is 4.81. The predicted octanol–water partition coefficient (Wildman–Crippen LogP) is 0.911. The SMILES string of the molecule is C1COC1.C=CC(=O)OCC1CCO1. The van der Waals surface area contributed by atoms with Gasteiger partial charge in [0.05, 0.1) is 6.10 Å². The summed E-state index contributed by atoms with van der Waals surface area (Å²) in [5, 5.41) is 0. The Labute approximate surface area is 83.8 Å². The van der Waals surface area contributed by atoms with Gasteiger partial charge in [0.2, 0.25) is 0 Å². The molecule has 1 atom stereocenters. The summed E-state index contributed by atoms with van der Waals surface area (Å²) in [4.78, 5) is 10.5. The highest BCUT2D eigenvalue weighted by Gasteiger charge is 2.18. The molecule has 14 heavy (non-hydrogen) atoms. The van der Waals surface area contributed by atoms with E-state index in [1.54, 1.807) is 0 Å². The van der Waals surface area contributed by atoms with Crippen LogP contribution in [0, 0.1) is 0 Å². The van der Waals surface area contributed by atoms with Gasteiger partial charge in [-0.05, 0) is 6.42 Å². The molecule has 1 unspecified atom stereocenters. The number of rotatable bonds is 3. The van der Waals surface area contributed by atoms with Crippen LogP contribution in [0.25, 0.3) is 0 Å². The number of carbonyl (C=O) groups is 1. The minimum Gasteiger partial charge on any atom is -0.460 e. The standard InChI is InChI=1S/C7H10O3.C3H6O/c1-2-7(8)10-5-6-3-4-9-6;1-2-4-3-1/h2,6H,1,3-5H2;1-3H2. The Hall–Kier alpha value is -0.870. The predicted molar refractivity (Wildman–Crippen MR) is 50.9 cm³/mol. The van der Waals surface area contributed by atoms with E-state index in [0.29, 0.717) is 6.61 Å². The summed E-state index contributed by atoms with van der Waals surface area (Å²) in [7, 11) is 0. The molecule has 0 bridgehead atoms. The molecule has 4 nitrogen and oxygen atoms in total. The molecule has 2 aliphatic heterocycles. The van der Waals surface area contributed by atoms with Crippen molar-refractivity contribution in [3.05, 3.63) is 12.7 Å². The maximum absolute atomic E-state index is 10.5. The molecule has 0 amide bonds. The molecular formula is C10H16O4. The van der Waals surface area contributed by atoms with Crippen molar-refractivity contribution in [2.24, 2.45) is 0 Å². The molecule has 0 spiro atoms. The minimum absolute atomic E-state index is 0.129. The van der Waals surface area contributed by atoms with Crippen LogP contribution in [0.1, 0.15) is 12.8 Å². The molecule has 0 aromatic carbocycles. The lowest BCUT2D eigenvalue weighted by Gasteiger charge is -2.25. The summed E-state index contributed by atoms with van der Waals surface area (Å²) in [6, 6.07) is 0. The first kappa shape index (κ1) is 11.2. The van der Waals surface area contributed by atoms with Gasteiger partial charge in [-0.15, -0.1) is 0 Å². The zero-order valence-corrected chi connectivity index (χ0v) is 8.24. The molecule has 0 radical (unpaired) electrons. The van der Waals surface area contributed by atoms with Gasteiger partial charge >= 0.3 is 5.97 Å². The second kappa shape index (κ2) is 6.56. The molecule has 80 valence electrons. The average Bonchev–Trinajstić information content (AvgIpc) is 1.98. The summed E-state index contributed by atoms with van der Waals surface area (Å²) in [6.07, 6.45) is 3.55. The molecule has 0 aromatic heterocycles. The van der Waals surface area contributed by atoms with Gasteiger partial charge in [-0.2, -0.15) is 0 Å². The largest absolute Gasteiger partial charge is 0.460 e. The van der Waals surface area contributed by atoms with E-state index >= 15 is 0 Å². The maximum atomic E-state index is 10.5. The molecule has 0 N–H and O–H groups in total. The first-order chi connectivity index (χ1) is 6.83. The van der Waals surface area contributed by atoms with E-state index in [0.717, 1.165) is 32.3 Å². The van der Waals surface area contributed by atoms with Gasteiger partial charge in [0.1, 0.15) is 6.61 Å². The smallest absolute Gasteiger partial charge is 0.330 e. The second-order valence-corrected chi connectivity index (χ2v) is 3.08. The maximum Gasteiger partial charge on any atom is 0.330 e. The van der Waals surface area contributed by atoms with Gasteiger partial charge in [-0.25, -0.2) is 4.79 Å². The third kappa shape index (κ3) is 4.39. The number of hydrogen-bond acceptors (Lipinski definition) is 4. The number of esters is 1. The summed E-state index contributed by atoms with van der Waals surface area (Å²) < 4.78 is 14.4. The van der Waals surface area contributed by atoms with Gasteiger partial charge < -0.3 is 14.2 Å². The lowest BCUT2D eigenvalue weighted by molar-refractivity contribution is -0.148. The summed E-state index contributed by atoms with van der Waals surface area (Å²) in [6.45, 7) is 6.42. The fourth-order valence-corrected chi connectivity index (χ4v) is 0.794. The Bertz CT molecular complexity index is 179. The first-order valence-corrected chi connectivity index (χ1v) is 4.81.